The predicted octanol–water partition coefficient (Wildman–Crippen LogP) is 1.90. The van der Waals surface area contributed by atoms with Gasteiger partial charge >= 0.3 is 11.9 Å². The van der Waals surface area contributed by atoms with E-state index in [4.69, 9.17) is 5.11 Å². The third kappa shape index (κ3) is 2.85. The van der Waals surface area contributed by atoms with Crippen molar-refractivity contribution in [3.8, 4) is 0 Å². The molecule has 5 nitrogen and oxygen atoms in total. The van der Waals surface area contributed by atoms with Crippen molar-refractivity contribution in [1.29, 1.82) is 0 Å². The number of carbonyl (C=O) groups excluding carboxylic acids is 1. The fourth-order valence-electron chi connectivity index (χ4n) is 1.44. The molecule has 1 aliphatic heterocycles. The molecule has 2 N–H and O–H groups in total. The van der Waals surface area contributed by atoms with Crippen LogP contribution in [0.25, 0.3) is 0 Å². The van der Waals surface area contributed by atoms with Gasteiger partial charge in [-0.15, -0.1) is 0 Å². The van der Waals surface area contributed by atoms with Gasteiger partial charge in [-0.25, -0.2) is 9.59 Å². The summed E-state index contributed by atoms with van der Waals surface area (Å²) in [5.41, 5.74) is 0.168. The Labute approximate surface area is 93.0 Å². The van der Waals surface area contributed by atoms with Gasteiger partial charge < -0.3 is 14.9 Å². The van der Waals surface area contributed by atoms with Crippen molar-refractivity contribution >= 4 is 11.9 Å². The van der Waals surface area contributed by atoms with E-state index in [9.17, 15) is 14.7 Å². The molecule has 0 atom stereocenters. The van der Waals surface area contributed by atoms with E-state index in [1.165, 1.54) is 0 Å². The van der Waals surface area contributed by atoms with Crippen LogP contribution in [0.4, 0.5) is 0 Å². The lowest BCUT2D eigenvalue weighted by molar-refractivity contribution is -0.133. The molecule has 0 aliphatic carbocycles. The van der Waals surface area contributed by atoms with Crippen molar-refractivity contribution in [1.82, 2.24) is 0 Å². The van der Waals surface area contributed by atoms with Crippen molar-refractivity contribution < 1.29 is 24.5 Å². The molecule has 5 heteroatoms. The third-order valence-corrected chi connectivity index (χ3v) is 2.25. The molecule has 0 saturated carbocycles. The average Bonchev–Trinajstić information content (AvgIpc) is 2.45. The van der Waals surface area contributed by atoms with Crippen LogP contribution in [0.3, 0.4) is 0 Å². The number of ether oxygens (including phenoxy) is 1. The van der Waals surface area contributed by atoms with E-state index >= 15 is 0 Å². The molecular formula is C11H14O5. The zero-order chi connectivity index (χ0) is 12.1. The van der Waals surface area contributed by atoms with Crippen LogP contribution in [0.15, 0.2) is 23.2 Å². The van der Waals surface area contributed by atoms with Crippen LogP contribution in [0.2, 0.25) is 0 Å². The van der Waals surface area contributed by atoms with Crippen LogP contribution in [0.1, 0.15) is 32.6 Å². The average molecular weight is 226 g/mol. The number of aliphatic hydroxyl groups excluding tert-OH is 1. The van der Waals surface area contributed by atoms with E-state index in [0.717, 1.165) is 19.3 Å². The first-order valence-corrected chi connectivity index (χ1v) is 5.15. The van der Waals surface area contributed by atoms with Crippen LogP contribution in [-0.4, -0.2) is 22.2 Å². The zero-order valence-corrected chi connectivity index (χ0v) is 9.02. The number of aliphatic hydroxyl groups is 1. The van der Waals surface area contributed by atoms with E-state index < -0.39 is 11.9 Å². The summed E-state index contributed by atoms with van der Waals surface area (Å²) in [5.74, 6) is -2.53. The fourth-order valence-corrected chi connectivity index (χ4v) is 1.44. The Morgan fingerprint density at radius 1 is 1.44 bits per heavy atom. The van der Waals surface area contributed by atoms with Crippen molar-refractivity contribution in [2.24, 2.45) is 0 Å². The quantitative estimate of drug-likeness (QED) is 0.425. The highest BCUT2D eigenvalue weighted by atomic mass is 16.6. The van der Waals surface area contributed by atoms with Crippen LogP contribution in [0.5, 0.6) is 0 Å². The number of cyclic esters (lactones) is 1. The van der Waals surface area contributed by atoms with Gasteiger partial charge in [0.2, 0.25) is 0 Å². The summed E-state index contributed by atoms with van der Waals surface area (Å²) in [6, 6.07) is 0. The van der Waals surface area contributed by atoms with Gasteiger partial charge in [0, 0.05) is 0 Å². The summed E-state index contributed by atoms with van der Waals surface area (Å²) in [6.45, 7) is 2.02. The molecule has 0 fully saturated rings. The standard InChI is InChI=1S/C11H14O5/c1-2-3-4-5-7-10(14)8(6-9(12)13)16-11(7)15/h6,14H,2-5H2,1H3,(H,12,13)/b8-6-. The van der Waals surface area contributed by atoms with Gasteiger partial charge in [-0.2, -0.15) is 0 Å². The zero-order valence-electron chi connectivity index (χ0n) is 9.02. The fraction of sp³-hybridized carbons (Fsp3) is 0.455. The highest BCUT2D eigenvalue weighted by Gasteiger charge is 2.29. The first-order chi connectivity index (χ1) is 7.56. The number of rotatable bonds is 5. The van der Waals surface area contributed by atoms with Gasteiger partial charge in [0.05, 0.1) is 11.6 Å². The highest BCUT2D eigenvalue weighted by molar-refractivity contribution is 5.95. The Kier molecular flexibility index (Phi) is 4.10. The van der Waals surface area contributed by atoms with Gasteiger partial charge in [0.15, 0.2) is 11.5 Å². The van der Waals surface area contributed by atoms with Gasteiger partial charge in [-0.05, 0) is 12.8 Å². The summed E-state index contributed by atoms with van der Waals surface area (Å²) < 4.78 is 4.64. The number of hydrogen-bond acceptors (Lipinski definition) is 4. The Hall–Kier alpha value is -1.78. The molecule has 0 radical (unpaired) electrons. The largest absolute Gasteiger partial charge is 0.504 e. The van der Waals surface area contributed by atoms with Gasteiger partial charge in [-0.1, -0.05) is 19.8 Å². The lowest BCUT2D eigenvalue weighted by atomic mass is 10.1. The van der Waals surface area contributed by atoms with Crippen LogP contribution < -0.4 is 0 Å². The second-order valence-corrected chi connectivity index (χ2v) is 3.52. The van der Waals surface area contributed by atoms with Crippen molar-refractivity contribution in [3.63, 3.8) is 0 Å². The number of carbonyl (C=O) groups is 2. The lowest BCUT2D eigenvalue weighted by Crippen LogP contribution is -1.99. The van der Waals surface area contributed by atoms with Crippen LogP contribution in [0, 0.1) is 0 Å². The summed E-state index contributed by atoms with van der Waals surface area (Å²) in [6.07, 6.45) is 3.81. The van der Waals surface area contributed by atoms with Crippen molar-refractivity contribution in [2.75, 3.05) is 0 Å². The Balaban J connectivity index is 2.77. The molecule has 88 valence electrons. The summed E-state index contributed by atoms with van der Waals surface area (Å²) in [4.78, 5) is 21.7. The second kappa shape index (κ2) is 5.34. The number of hydrogen-bond donors (Lipinski definition) is 2. The molecule has 0 spiro atoms. The molecule has 0 aromatic carbocycles. The monoisotopic (exact) mass is 226 g/mol. The summed E-state index contributed by atoms with van der Waals surface area (Å²) in [7, 11) is 0. The Morgan fingerprint density at radius 3 is 2.69 bits per heavy atom. The maximum Gasteiger partial charge on any atom is 0.343 e. The Morgan fingerprint density at radius 2 is 2.12 bits per heavy atom. The number of carboxylic acids is 1. The normalized spacial score (nSPS) is 18.1. The topological polar surface area (TPSA) is 83.8 Å². The highest BCUT2D eigenvalue weighted by Crippen LogP contribution is 2.27. The van der Waals surface area contributed by atoms with E-state index in [1.807, 2.05) is 6.92 Å². The molecule has 0 aromatic rings. The summed E-state index contributed by atoms with van der Waals surface area (Å²) in [5, 5.41) is 18.0. The van der Waals surface area contributed by atoms with E-state index in [0.29, 0.717) is 12.5 Å². The van der Waals surface area contributed by atoms with Crippen molar-refractivity contribution in [2.45, 2.75) is 32.6 Å². The summed E-state index contributed by atoms with van der Waals surface area (Å²) >= 11 is 0. The first-order valence-electron chi connectivity index (χ1n) is 5.15. The SMILES string of the molecule is CCCCCC1=C(O)/C(=C/C(=O)O)OC1=O. The van der Waals surface area contributed by atoms with E-state index in [2.05, 4.69) is 4.74 Å². The molecule has 0 amide bonds. The maximum absolute atomic E-state index is 11.3. The van der Waals surface area contributed by atoms with Crippen molar-refractivity contribution in [3.05, 3.63) is 23.2 Å². The number of aliphatic carboxylic acids is 1. The van der Waals surface area contributed by atoms with Gasteiger partial charge in [0.25, 0.3) is 0 Å². The Bertz CT molecular complexity index is 365. The molecule has 1 aliphatic rings. The molecule has 0 aromatic heterocycles. The second-order valence-electron chi connectivity index (χ2n) is 3.52. The molecule has 1 rings (SSSR count). The molecule has 0 bridgehead atoms. The molecule has 1 heterocycles. The minimum atomic E-state index is -1.26. The first kappa shape index (κ1) is 12.3. The van der Waals surface area contributed by atoms with Gasteiger partial charge in [0.1, 0.15) is 0 Å². The lowest BCUT2D eigenvalue weighted by Gasteiger charge is -1.97. The third-order valence-electron chi connectivity index (χ3n) is 2.25. The smallest absolute Gasteiger partial charge is 0.343 e. The number of carboxylic acid groups (broad SMARTS) is 1. The minimum Gasteiger partial charge on any atom is -0.504 e. The van der Waals surface area contributed by atoms with E-state index in [1.54, 1.807) is 0 Å². The molecular weight excluding hydrogens is 212 g/mol. The number of unbranched alkanes of at least 4 members (excludes halogenated alkanes) is 2. The van der Waals surface area contributed by atoms with Crippen LogP contribution >= 0.6 is 0 Å². The molecule has 0 saturated heterocycles. The molecule has 0 unspecified atom stereocenters. The number of esters is 1. The molecule has 16 heavy (non-hydrogen) atoms. The minimum absolute atomic E-state index is 0.168. The maximum atomic E-state index is 11.3. The van der Waals surface area contributed by atoms with Crippen LogP contribution in [-0.2, 0) is 14.3 Å². The van der Waals surface area contributed by atoms with E-state index in [-0.39, 0.29) is 17.1 Å². The van der Waals surface area contributed by atoms with Gasteiger partial charge in [-0.3, -0.25) is 0 Å². The predicted molar refractivity (Wildman–Crippen MR) is 55.6 cm³/mol.